The van der Waals surface area contributed by atoms with Crippen LogP contribution in [0, 0.1) is 0 Å². The van der Waals surface area contributed by atoms with Crippen LogP contribution in [0.15, 0.2) is 109 Å². The lowest BCUT2D eigenvalue weighted by Crippen LogP contribution is -2.21. The first-order valence-corrected chi connectivity index (χ1v) is 12.5. The Balaban J connectivity index is 1.40. The highest BCUT2D eigenvalue weighted by molar-refractivity contribution is 6.19. The van der Waals surface area contributed by atoms with E-state index in [-0.39, 0.29) is 12.2 Å². The molecule has 0 radical (unpaired) electrons. The van der Waals surface area contributed by atoms with Gasteiger partial charge in [-0.1, -0.05) is 72.8 Å². The molecule has 2 unspecified atom stereocenters. The molecular formula is C32H21N4-. The number of hydrogen-bond donors (Lipinski definition) is 1. The number of fused-ring (bicyclic) bond motifs is 10. The van der Waals surface area contributed by atoms with Crippen molar-refractivity contribution in [2.45, 2.75) is 12.2 Å². The highest BCUT2D eigenvalue weighted by Gasteiger charge is 2.34. The summed E-state index contributed by atoms with van der Waals surface area (Å²) in [6.45, 7) is 0. The molecule has 2 aliphatic rings. The molecule has 2 aliphatic heterocycles. The molecule has 7 aromatic rings. The van der Waals surface area contributed by atoms with Crippen LogP contribution in [0.5, 0.6) is 0 Å². The van der Waals surface area contributed by atoms with Crippen molar-refractivity contribution in [1.29, 1.82) is 0 Å². The monoisotopic (exact) mass is 461 g/mol. The first kappa shape index (κ1) is 18.6. The van der Waals surface area contributed by atoms with Gasteiger partial charge in [-0.15, -0.1) is 5.69 Å². The normalized spacial score (nSPS) is 17.9. The molecule has 4 heteroatoms. The minimum absolute atomic E-state index is 0.00257. The summed E-state index contributed by atoms with van der Waals surface area (Å²) in [7, 11) is 0. The second-order valence-electron chi connectivity index (χ2n) is 9.87. The first-order chi connectivity index (χ1) is 17.9. The zero-order valence-electron chi connectivity index (χ0n) is 19.4. The predicted molar refractivity (Wildman–Crippen MR) is 149 cm³/mol. The molecule has 0 saturated heterocycles. The summed E-state index contributed by atoms with van der Waals surface area (Å²) in [5.74, 6) is 0. The maximum Gasteiger partial charge on any atom is 0.0580 e. The van der Waals surface area contributed by atoms with Crippen molar-refractivity contribution in [3.05, 3.63) is 120 Å². The fourth-order valence-electron chi connectivity index (χ4n) is 6.58. The largest absolute Gasteiger partial charge is 0.661 e. The number of rotatable bonds is 1. The van der Waals surface area contributed by atoms with Crippen molar-refractivity contribution in [2.24, 2.45) is 0 Å². The van der Waals surface area contributed by atoms with E-state index in [1.54, 1.807) is 0 Å². The van der Waals surface area contributed by atoms with E-state index in [1.165, 1.54) is 54.9 Å². The Morgan fingerprint density at radius 1 is 0.611 bits per heavy atom. The van der Waals surface area contributed by atoms with Crippen molar-refractivity contribution in [3.63, 3.8) is 0 Å². The fourth-order valence-corrected chi connectivity index (χ4v) is 6.58. The Labute approximate surface area is 207 Å². The van der Waals surface area contributed by atoms with Crippen LogP contribution in [0.1, 0.15) is 17.8 Å². The number of aromatic nitrogens is 2. The van der Waals surface area contributed by atoms with Crippen LogP contribution in [-0.2, 0) is 0 Å². The topological polar surface area (TPSA) is 36.0 Å². The maximum atomic E-state index is 5.26. The predicted octanol–water partition coefficient (Wildman–Crippen LogP) is 8.58. The number of para-hydroxylation sites is 5. The van der Waals surface area contributed by atoms with Gasteiger partial charge in [-0.3, -0.25) is 0 Å². The van der Waals surface area contributed by atoms with E-state index >= 15 is 0 Å². The number of nitrogens with one attached hydrogen (secondary N) is 1. The summed E-state index contributed by atoms with van der Waals surface area (Å²) in [4.78, 5) is 0. The van der Waals surface area contributed by atoms with Gasteiger partial charge >= 0.3 is 0 Å². The summed E-state index contributed by atoms with van der Waals surface area (Å²) >= 11 is 0. The zero-order valence-corrected chi connectivity index (χ0v) is 19.4. The Kier molecular flexibility index (Phi) is 3.36. The average molecular weight is 462 g/mol. The lowest BCUT2D eigenvalue weighted by atomic mass is 10.00. The molecule has 0 saturated carbocycles. The van der Waals surface area contributed by atoms with Crippen LogP contribution in [0.2, 0.25) is 0 Å². The van der Waals surface area contributed by atoms with Gasteiger partial charge in [0.15, 0.2) is 0 Å². The van der Waals surface area contributed by atoms with Gasteiger partial charge < -0.3 is 19.8 Å². The summed E-state index contributed by atoms with van der Waals surface area (Å²) in [6.07, 6.45) is -0.00257. The van der Waals surface area contributed by atoms with Gasteiger partial charge in [0.05, 0.1) is 22.6 Å². The molecule has 0 fully saturated rings. The molecule has 1 N–H and O–H groups in total. The third kappa shape index (κ3) is 2.20. The Bertz CT molecular complexity index is 2010. The van der Waals surface area contributed by atoms with Crippen molar-refractivity contribution < 1.29 is 0 Å². The molecule has 4 nitrogen and oxygen atoms in total. The van der Waals surface area contributed by atoms with Crippen LogP contribution in [0.25, 0.3) is 54.6 Å². The van der Waals surface area contributed by atoms with Crippen LogP contribution >= 0.6 is 0 Å². The van der Waals surface area contributed by atoms with Crippen molar-refractivity contribution in [1.82, 2.24) is 9.13 Å². The van der Waals surface area contributed by atoms with Gasteiger partial charge in [0.1, 0.15) is 0 Å². The van der Waals surface area contributed by atoms with Crippen LogP contribution in [-0.4, -0.2) is 9.13 Å². The molecule has 2 atom stereocenters. The molecular weight excluding hydrogens is 440 g/mol. The van der Waals surface area contributed by atoms with Crippen LogP contribution in [0.3, 0.4) is 0 Å². The first-order valence-electron chi connectivity index (χ1n) is 12.5. The number of benzene rings is 5. The molecule has 5 aromatic carbocycles. The van der Waals surface area contributed by atoms with E-state index < -0.39 is 0 Å². The van der Waals surface area contributed by atoms with E-state index in [4.69, 9.17) is 5.32 Å². The summed E-state index contributed by atoms with van der Waals surface area (Å²) < 4.78 is 4.87. The molecule has 170 valence electrons. The lowest BCUT2D eigenvalue weighted by molar-refractivity contribution is 0.566. The van der Waals surface area contributed by atoms with E-state index in [0.717, 1.165) is 11.4 Å². The molecule has 0 aliphatic carbocycles. The zero-order chi connectivity index (χ0) is 23.4. The Morgan fingerprint density at radius 2 is 1.36 bits per heavy atom. The fraction of sp³-hybridized carbons (Fsp3) is 0.0625. The summed E-state index contributed by atoms with van der Waals surface area (Å²) in [5, 5.41) is 14.2. The van der Waals surface area contributed by atoms with Gasteiger partial charge in [-0.25, -0.2) is 0 Å². The molecule has 4 heterocycles. The maximum absolute atomic E-state index is 5.26. The van der Waals surface area contributed by atoms with Gasteiger partial charge in [0.25, 0.3) is 0 Å². The minimum atomic E-state index is -0.00257. The molecule has 2 aromatic heterocycles. The second kappa shape index (κ2) is 6.49. The quantitative estimate of drug-likeness (QED) is 0.261. The summed E-state index contributed by atoms with van der Waals surface area (Å²) in [6, 6.07) is 39.5. The lowest BCUT2D eigenvalue weighted by Gasteiger charge is -2.44. The molecule has 0 spiro atoms. The van der Waals surface area contributed by atoms with Gasteiger partial charge in [0, 0.05) is 38.4 Å². The second-order valence-corrected chi connectivity index (χ2v) is 9.87. The van der Waals surface area contributed by atoms with Gasteiger partial charge in [-0.2, -0.15) is 0 Å². The van der Waals surface area contributed by atoms with Gasteiger partial charge in [0.2, 0.25) is 0 Å². The highest BCUT2D eigenvalue weighted by Crippen LogP contribution is 2.55. The molecule has 36 heavy (non-hydrogen) atoms. The molecule has 0 bridgehead atoms. The Hall–Kier alpha value is -4.70. The number of nitrogens with zero attached hydrogens (tertiary/aromatic N) is 3. The van der Waals surface area contributed by atoms with Crippen molar-refractivity contribution in [2.75, 3.05) is 5.32 Å². The van der Waals surface area contributed by atoms with Crippen molar-refractivity contribution >= 4 is 55.0 Å². The Morgan fingerprint density at radius 3 is 2.31 bits per heavy atom. The minimum Gasteiger partial charge on any atom is -0.661 e. The average Bonchev–Trinajstić information content (AvgIpc) is 3.55. The smallest absolute Gasteiger partial charge is 0.0580 e. The molecule has 0 amide bonds. The van der Waals surface area contributed by atoms with E-state index in [1.807, 2.05) is 0 Å². The standard InChI is InChI=1S/C32H21N4/c1-2-9-19(10-3-1)35-27-16-7-4-11-20(27)23-17-29-24(18-28(23)35)21-12-8-13-22-30-32(36(29)31(21)22)34-26-15-6-5-14-25(26)33-30/h1-18,30,32-33H/q-1. The number of hydrogen-bond acceptors (Lipinski definition) is 1. The van der Waals surface area contributed by atoms with Crippen molar-refractivity contribution in [3.8, 4) is 5.69 Å². The third-order valence-electron chi connectivity index (χ3n) is 8.05. The van der Waals surface area contributed by atoms with Crippen LogP contribution in [0.4, 0.5) is 11.4 Å². The molecule has 9 rings (SSSR count). The SMILES string of the molecule is c1ccc(-n2c3ccccc3c3cc4c(cc32)c2cccc3c2n4C2[N-]c4ccccc4NC32)cc1. The van der Waals surface area contributed by atoms with E-state index in [0.29, 0.717) is 0 Å². The number of anilines is 1. The highest BCUT2D eigenvalue weighted by atomic mass is 15.3. The van der Waals surface area contributed by atoms with E-state index in [9.17, 15) is 0 Å². The summed E-state index contributed by atoms with van der Waals surface area (Å²) in [5.41, 5.74) is 9.67. The van der Waals surface area contributed by atoms with E-state index in [2.05, 4.69) is 124 Å². The third-order valence-corrected chi connectivity index (χ3v) is 8.05. The van der Waals surface area contributed by atoms with Gasteiger partial charge in [-0.05, 0) is 48.1 Å². The van der Waals surface area contributed by atoms with Crippen LogP contribution < -0.4 is 5.32 Å².